The van der Waals surface area contributed by atoms with E-state index in [1.807, 2.05) is 54.6 Å². The SMILES string of the molecule is Clc1ccc(CBr)cc1Cl.O=[N+]([O-])c1ccccc1N1CCN(Cc2ccc(Cl)c(Cl)c2)CC1.O=[N+]([O-])c1ccccc1N1CCNCC1. The first-order valence-electron chi connectivity index (χ1n) is 15.4. The van der Waals surface area contributed by atoms with Gasteiger partial charge < -0.3 is 15.1 Å². The molecule has 0 amide bonds. The van der Waals surface area contributed by atoms with Gasteiger partial charge in [-0.2, -0.15) is 0 Å². The first kappa shape index (κ1) is 38.6. The zero-order chi connectivity index (χ0) is 35.3. The first-order valence-corrected chi connectivity index (χ1v) is 18.0. The van der Waals surface area contributed by atoms with Crippen molar-refractivity contribution in [1.82, 2.24) is 10.2 Å². The Morgan fingerprint density at radius 2 is 1.06 bits per heavy atom. The normalized spacial score (nSPS) is 14.6. The van der Waals surface area contributed by atoms with Crippen LogP contribution < -0.4 is 15.1 Å². The van der Waals surface area contributed by atoms with E-state index in [-0.39, 0.29) is 21.2 Å². The second-order valence-electron chi connectivity index (χ2n) is 11.1. The van der Waals surface area contributed by atoms with Crippen LogP contribution in [0.1, 0.15) is 11.1 Å². The first-order chi connectivity index (χ1) is 23.6. The average molecular weight is 813 g/mol. The van der Waals surface area contributed by atoms with Gasteiger partial charge in [-0.05, 0) is 47.5 Å². The van der Waals surface area contributed by atoms with Crippen molar-refractivity contribution in [2.45, 2.75) is 11.9 Å². The third-order valence-corrected chi connectivity index (χ3v) is 9.98. The number of nitrogens with zero attached hydrogens (tertiary/aromatic N) is 5. The number of piperazine rings is 2. The molecule has 15 heteroatoms. The number of nitro groups is 2. The maximum absolute atomic E-state index is 11.2. The molecule has 0 bridgehead atoms. The third kappa shape index (κ3) is 11.4. The van der Waals surface area contributed by atoms with Gasteiger partial charge in [-0.25, -0.2) is 0 Å². The minimum Gasteiger partial charge on any atom is -0.363 e. The summed E-state index contributed by atoms with van der Waals surface area (Å²) in [6.45, 7) is 7.40. The molecule has 0 aliphatic carbocycles. The Morgan fingerprint density at radius 3 is 1.53 bits per heavy atom. The summed E-state index contributed by atoms with van der Waals surface area (Å²) >= 11 is 26.7. The quantitative estimate of drug-likeness (QED) is 0.112. The topological polar surface area (TPSA) is 108 Å². The number of nitrogens with one attached hydrogen (secondary N) is 1. The monoisotopic (exact) mass is 810 g/mol. The molecule has 6 rings (SSSR count). The van der Waals surface area contributed by atoms with Crippen LogP contribution >= 0.6 is 62.3 Å². The van der Waals surface area contributed by atoms with Gasteiger partial charge in [0.1, 0.15) is 11.4 Å². The largest absolute Gasteiger partial charge is 0.363 e. The number of hydrogen-bond acceptors (Lipinski definition) is 8. The lowest BCUT2D eigenvalue weighted by molar-refractivity contribution is -0.384. The summed E-state index contributed by atoms with van der Waals surface area (Å²) < 4.78 is 0. The van der Waals surface area contributed by atoms with Crippen molar-refractivity contribution in [3.8, 4) is 0 Å². The smallest absolute Gasteiger partial charge is 0.292 e. The molecule has 10 nitrogen and oxygen atoms in total. The molecule has 1 N–H and O–H groups in total. The predicted octanol–water partition coefficient (Wildman–Crippen LogP) is 9.12. The van der Waals surface area contributed by atoms with Gasteiger partial charge >= 0.3 is 0 Å². The summed E-state index contributed by atoms with van der Waals surface area (Å²) in [6, 6.07) is 25.0. The van der Waals surface area contributed by atoms with Crippen LogP contribution in [0.15, 0.2) is 84.9 Å². The molecule has 2 heterocycles. The van der Waals surface area contributed by atoms with E-state index in [1.165, 1.54) is 0 Å². The van der Waals surface area contributed by atoms with Crippen molar-refractivity contribution >= 4 is 85.1 Å². The fourth-order valence-electron chi connectivity index (χ4n) is 5.34. The van der Waals surface area contributed by atoms with Crippen LogP contribution in [-0.2, 0) is 11.9 Å². The molecule has 0 atom stereocenters. The predicted molar refractivity (Wildman–Crippen MR) is 204 cm³/mol. The lowest BCUT2D eigenvalue weighted by atomic mass is 10.1. The molecular weight excluding hydrogens is 778 g/mol. The number of nitro benzene ring substituents is 2. The van der Waals surface area contributed by atoms with Gasteiger partial charge in [0.2, 0.25) is 0 Å². The Morgan fingerprint density at radius 1 is 0.612 bits per heavy atom. The maximum atomic E-state index is 11.2. The van der Waals surface area contributed by atoms with Crippen LogP contribution in [0.4, 0.5) is 22.7 Å². The number of anilines is 2. The molecule has 0 saturated carbocycles. The molecule has 49 heavy (non-hydrogen) atoms. The van der Waals surface area contributed by atoms with Gasteiger partial charge in [0.25, 0.3) is 11.4 Å². The highest BCUT2D eigenvalue weighted by Crippen LogP contribution is 2.30. The van der Waals surface area contributed by atoms with Gasteiger partial charge in [-0.3, -0.25) is 25.1 Å². The van der Waals surface area contributed by atoms with E-state index in [9.17, 15) is 20.2 Å². The number of alkyl halides is 1. The highest BCUT2D eigenvalue weighted by molar-refractivity contribution is 9.08. The Hall–Kier alpha value is -3.16. The standard InChI is InChI=1S/C17H17Cl2N3O2.C10H13N3O2.C7H5BrCl2/c18-14-6-5-13(11-15(14)19)12-20-7-9-21(10-8-20)16-3-1-2-4-17(16)22(23)24;14-13(15)10-4-2-1-3-9(10)12-7-5-11-6-8-12;8-4-5-1-2-6(9)7(10)3-5/h1-6,11H,7-10,12H2;1-4,11H,5-8H2;1-3H,4H2. The minimum atomic E-state index is -0.322. The average Bonchev–Trinajstić information content (AvgIpc) is 3.12. The summed E-state index contributed by atoms with van der Waals surface area (Å²) in [5, 5.41) is 28.4. The minimum absolute atomic E-state index is 0.162. The Kier molecular flexibility index (Phi) is 15.2. The van der Waals surface area contributed by atoms with Crippen LogP contribution in [-0.4, -0.2) is 67.1 Å². The van der Waals surface area contributed by atoms with Crippen LogP contribution in [0, 0.1) is 20.2 Å². The number of rotatable bonds is 7. The van der Waals surface area contributed by atoms with Gasteiger partial charge in [-0.1, -0.05) is 98.7 Å². The van der Waals surface area contributed by atoms with E-state index < -0.39 is 0 Å². The zero-order valence-electron chi connectivity index (χ0n) is 26.4. The fourth-order valence-corrected chi connectivity index (χ4v) is 6.33. The van der Waals surface area contributed by atoms with E-state index >= 15 is 0 Å². The molecule has 0 spiro atoms. The zero-order valence-corrected chi connectivity index (χ0v) is 31.0. The molecule has 4 aromatic rings. The molecule has 2 aliphatic rings. The molecule has 0 unspecified atom stereocenters. The van der Waals surface area contributed by atoms with E-state index in [0.717, 1.165) is 81.0 Å². The number of para-hydroxylation sites is 4. The molecule has 0 aromatic heterocycles. The summed E-state index contributed by atoms with van der Waals surface area (Å²) in [7, 11) is 0. The van der Waals surface area contributed by atoms with Crippen LogP contribution in [0.2, 0.25) is 20.1 Å². The molecular formula is C34H35BrCl4N6O4. The van der Waals surface area contributed by atoms with Crippen molar-refractivity contribution in [3.05, 3.63) is 136 Å². The van der Waals surface area contributed by atoms with Crippen molar-refractivity contribution in [2.24, 2.45) is 0 Å². The van der Waals surface area contributed by atoms with Crippen LogP contribution in [0.5, 0.6) is 0 Å². The molecule has 2 aliphatic heterocycles. The number of benzene rings is 4. The highest BCUT2D eigenvalue weighted by Gasteiger charge is 2.23. The number of halogens is 5. The summed E-state index contributed by atoms with van der Waals surface area (Å²) in [5.41, 5.74) is 4.02. The molecule has 260 valence electrons. The fraction of sp³-hybridized carbons (Fsp3) is 0.294. The van der Waals surface area contributed by atoms with Crippen LogP contribution in [0.3, 0.4) is 0 Å². The van der Waals surface area contributed by atoms with E-state index in [4.69, 9.17) is 46.4 Å². The maximum Gasteiger partial charge on any atom is 0.292 e. The van der Waals surface area contributed by atoms with Gasteiger partial charge in [0, 0.05) is 76.4 Å². The summed E-state index contributed by atoms with van der Waals surface area (Å²) in [4.78, 5) is 27.8. The molecule has 2 saturated heterocycles. The van der Waals surface area contributed by atoms with E-state index in [1.54, 1.807) is 30.3 Å². The van der Waals surface area contributed by atoms with E-state index in [0.29, 0.717) is 25.8 Å². The second kappa shape index (κ2) is 19.3. The van der Waals surface area contributed by atoms with Crippen molar-refractivity contribution < 1.29 is 9.85 Å². The number of hydrogen-bond donors (Lipinski definition) is 1. The van der Waals surface area contributed by atoms with Crippen LogP contribution in [0.25, 0.3) is 0 Å². The highest BCUT2D eigenvalue weighted by atomic mass is 79.9. The van der Waals surface area contributed by atoms with Crippen molar-refractivity contribution in [1.29, 1.82) is 0 Å². The Balaban J connectivity index is 0.000000184. The van der Waals surface area contributed by atoms with Gasteiger partial charge in [-0.15, -0.1) is 0 Å². The Labute approximate surface area is 313 Å². The van der Waals surface area contributed by atoms with E-state index in [2.05, 4.69) is 35.9 Å². The lowest BCUT2D eigenvalue weighted by Gasteiger charge is -2.35. The molecule has 2 fully saturated rings. The van der Waals surface area contributed by atoms with Crippen molar-refractivity contribution in [2.75, 3.05) is 62.2 Å². The summed E-state index contributed by atoms with van der Waals surface area (Å²) in [5.74, 6) is 0. The molecule has 0 radical (unpaired) electrons. The summed E-state index contributed by atoms with van der Waals surface area (Å²) in [6.07, 6.45) is 0. The molecule has 4 aromatic carbocycles. The lowest BCUT2D eigenvalue weighted by Crippen LogP contribution is -2.46. The van der Waals surface area contributed by atoms with Gasteiger partial charge in [0.05, 0.1) is 29.9 Å². The van der Waals surface area contributed by atoms with Crippen molar-refractivity contribution in [3.63, 3.8) is 0 Å². The third-order valence-electron chi connectivity index (χ3n) is 7.86. The second-order valence-corrected chi connectivity index (χ2v) is 13.3. The van der Waals surface area contributed by atoms with Gasteiger partial charge in [0.15, 0.2) is 0 Å². The Bertz CT molecular complexity index is 1720.